The Hall–Kier alpha value is -0.820. The Morgan fingerprint density at radius 3 is 2.07 bits per heavy atom. The molecule has 1 heteroatoms. The molecule has 1 aliphatic rings. The largest absolute Gasteiger partial charge is 0.295 e. The molecule has 0 radical (unpaired) electrons. The predicted molar refractivity (Wildman–Crippen MR) is 64.9 cm³/mol. The average molecular weight is 203 g/mol. The zero-order valence-corrected chi connectivity index (χ0v) is 10.1. The van der Waals surface area contributed by atoms with Crippen molar-refractivity contribution in [2.75, 3.05) is 6.54 Å². The molecule has 0 amide bonds. The summed E-state index contributed by atoms with van der Waals surface area (Å²) in [6, 6.07) is 4.74. The van der Waals surface area contributed by atoms with Gasteiger partial charge >= 0.3 is 0 Å². The van der Waals surface area contributed by atoms with E-state index < -0.39 is 0 Å². The molecule has 1 aliphatic heterocycles. The van der Waals surface area contributed by atoms with Crippen LogP contribution in [0, 0.1) is 13.8 Å². The Morgan fingerprint density at radius 1 is 1.07 bits per heavy atom. The van der Waals surface area contributed by atoms with Crippen LogP contribution < -0.4 is 0 Å². The lowest BCUT2D eigenvalue weighted by molar-refractivity contribution is 0.279. The van der Waals surface area contributed by atoms with Crippen molar-refractivity contribution in [2.45, 2.75) is 46.7 Å². The van der Waals surface area contributed by atoms with Crippen molar-refractivity contribution < 1.29 is 0 Å². The summed E-state index contributed by atoms with van der Waals surface area (Å²) in [5.41, 5.74) is 5.97. The summed E-state index contributed by atoms with van der Waals surface area (Å²) < 4.78 is 0. The van der Waals surface area contributed by atoms with Crippen LogP contribution in [0.4, 0.5) is 0 Å². The summed E-state index contributed by atoms with van der Waals surface area (Å²) in [6.45, 7) is 10.3. The third-order valence-electron chi connectivity index (χ3n) is 3.43. The number of hydrogen-bond acceptors (Lipinski definition) is 1. The van der Waals surface area contributed by atoms with Crippen LogP contribution in [0.25, 0.3) is 0 Å². The second-order valence-corrected chi connectivity index (χ2v) is 4.77. The van der Waals surface area contributed by atoms with Gasteiger partial charge in [-0.05, 0) is 49.1 Å². The summed E-state index contributed by atoms with van der Waals surface area (Å²) in [6.07, 6.45) is 2.62. The summed E-state index contributed by atoms with van der Waals surface area (Å²) in [4.78, 5) is 2.56. The minimum Gasteiger partial charge on any atom is -0.295 e. The van der Waals surface area contributed by atoms with E-state index in [1.807, 2.05) is 0 Å². The third-order valence-corrected chi connectivity index (χ3v) is 3.43. The van der Waals surface area contributed by atoms with Gasteiger partial charge in [0.2, 0.25) is 0 Å². The Morgan fingerprint density at radius 2 is 1.60 bits per heavy atom. The molecule has 0 aromatic heterocycles. The topological polar surface area (TPSA) is 3.24 Å². The molecular weight excluding hydrogens is 182 g/mol. The average Bonchev–Trinajstić information content (AvgIpc) is 2.58. The van der Waals surface area contributed by atoms with Gasteiger partial charge in [0.25, 0.3) is 0 Å². The fraction of sp³-hybridized carbons (Fsp3) is 0.571. The van der Waals surface area contributed by atoms with E-state index in [0.717, 1.165) is 13.1 Å². The van der Waals surface area contributed by atoms with Gasteiger partial charge in [-0.2, -0.15) is 0 Å². The zero-order chi connectivity index (χ0) is 10.8. The highest BCUT2D eigenvalue weighted by Crippen LogP contribution is 2.25. The number of nitrogens with zero attached hydrogens (tertiary/aromatic N) is 1. The maximum Gasteiger partial charge on any atom is 0.0240 e. The van der Waals surface area contributed by atoms with Crippen molar-refractivity contribution in [1.82, 2.24) is 4.90 Å². The van der Waals surface area contributed by atoms with E-state index in [1.165, 1.54) is 30.5 Å². The van der Waals surface area contributed by atoms with Crippen LogP contribution in [-0.4, -0.2) is 11.4 Å². The van der Waals surface area contributed by atoms with Crippen LogP contribution in [0.3, 0.4) is 0 Å². The highest BCUT2D eigenvalue weighted by Gasteiger charge is 2.18. The lowest BCUT2D eigenvalue weighted by Crippen LogP contribution is -2.17. The number of hydrogen-bond donors (Lipinski definition) is 0. The molecule has 0 N–H and O–H groups in total. The lowest BCUT2D eigenvalue weighted by Gasteiger charge is -2.13. The zero-order valence-electron chi connectivity index (χ0n) is 10.1. The quantitative estimate of drug-likeness (QED) is 0.727. The first-order valence-electron chi connectivity index (χ1n) is 6.02. The lowest BCUT2D eigenvalue weighted by atomic mass is 10.0. The highest BCUT2D eigenvalue weighted by molar-refractivity contribution is 5.39. The van der Waals surface area contributed by atoms with Crippen LogP contribution in [0.1, 0.15) is 42.0 Å². The molecule has 0 unspecified atom stereocenters. The summed E-state index contributed by atoms with van der Waals surface area (Å²) in [7, 11) is 0. The highest BCUT2D eigenvalue weighted by atomic mass is 15.1. The Labute approximate surface area is 93.1 Å². The number of aryl methyl sites for hydroxylation is 2. The number of rotatable bonds is 3. The van der Waals surface area contributed by atoms with Crippen LogP contribution in [-0.2, 0) is 13.1 Å². The molecule has 0 saturated carbocycles. The fourth-order valence-corrected chi connectivity index (χ4v) is 2.31. The molecule has 0 spiro atoms. The minimum atomic E-state index is 1.16. The molecule has 1 aromatic carbocycles. The van der Waals surface area contributed by atoms with E-state index in [2.05, 4.69) is 37.8 Å². The molecule has 2 rings (SSSR count). The summed E-state index contributed by atoms with van der Waals surface area (Å²) >= 11 is 0. The molecule has 1 aromatic rings. The second kappa shape index (κ2) is 4.36. The van der Waals surface area contributed by atoms with E-state index in [9.17, 15) is 0 Å². The Kier molecular flexibility index (Phi) is 3.11. The van der Waals surface area contributed by atoms with Gasteiger partial charge in [-0.3, -0.25) is 4.90 Å². The van der Waals surface area contributed by atoms with E-state index in [1.54, 1.807) is 11.1 Å². The van der Waals surface area contributed by atoms with E-state index in [0.29, 0.717) is 0 Å². The molecule has 0 fully saturated rings. The van der Waals surface area contributed by atoms with Gasteiger partial charge in [-0.25, -0.2) is 0 Å². The van der Waals surface area contributed by atoms with Gasteiger partial charge < -0.3 is 0 Å². The van der Waals surface area contributed by atoms with Crippen LogP contribution in [0.5, 0.6) is 0 Å². The summed E-state index contributed by atoms with van der Waals surface area (Å²) in [5, 5.41) is 0. The Bertz CT molecular complexity index is 324. The normalized spacial score (nSPS) is 15.7. The second-order valence-electron chi connectivity index (χ2n) is 4.77. The summed E-state index contributed by atoms with van der Waals surface area (Å²) in [5.74, 6) is 0. The standard InChI is InChI=1S/C14H21N/c1-4-5-6-15-9-13-7-11(2)12(3)8-14(13)10-15/h7-8H,4-6,9-10H2,1-3H3. The van der Waals surface area contributed by atoms with Crippen molar-refractivity contribution >= 4 is 0 Å². The number of unbranched alkanes of at least 4 members (excludes halogenated alkanes) is 1. The molecule has 1 heterocycles. The van der Waals surface area contributed by atoms with Gasteiger partial charge in [-0.1, -0.05) is 25.5 Å². The van der Waals surface area contributed by atoms with Crippen molar-refractivity contribution in [3.8, 4) is 0 Å². The van der Waals surface area contributed by atoms with Crippen LogP contribution in [0.15, 0.2) is 12.1 Å². The molecule has 1 nitrogen and oxygen atoms in total. The monoisotopic (exact) mass is 203 g/mol. The molecule has 15 heavy (non-hydrogen) atoms. The molecule has 82 valence electrons. The van der Waals surface area contributed by atoms with Gasteiger partial charge in [0.05, 0.1) is 0 Å². The van der Waals surface area contributed by atoms with Crippen molar-refractivity contribution in [1.29, 1.82) is 0 Å². The predicted octanol–water partition coefficient (Wildman–Crippen LogP) is 3.42. The maximum atomic E-state index is 2.56. The smallest absolute Gasteiger partial charge is 0.0240 e. The van der Waals surface area contributed by atoms with Crippen molar-refractivity contribution in [3.05, 3.63) is 34.4 Å². The SMILES string of the molecule is CCCCN1Cc2cc(C)c(C)cc2C1. The first-order chi connectivity index (χ1) is 7.20. The number of fused-ring (bicyclic) bond motifs is 1. The number of benzene rings is 1. The van der Waals surface area contributed by atoms with Crippen molar-refractivity contribution in [2.24, 2.45) is 0 Å². The van der Waals surface area contributed by atoms with Crippen LogP contribution >= 0.6 is 0 Å². The van der Waals surface area contributed by atoms with E-state index in [-0.39, 0.29) is 0 Å². The van der Waals surface area contributed by atoms with Gasteiger partial charge in [-0.15, -0.1) is 0 Å². The van der Waals surface area contributed by atoms with E-state index >= 15 is 0 Å². The maximum absolute atomic E-state index is 2.56. The van der Waals surface area contributed by atoms with Crippen LogP contribution in [0.2, 0.25) is 0 Å². The van der Waals surface area contributed by atoms with Gasteiger partial charge in [0, 0.05) is 13.1 Å². The van der Waals surface area contributed by atoms with Gasteiger partial charge in [0.15, 0.2) is 0 Å². The van der Waals surface area contributed by atoms with Gasteiger partial charge in [0.1, 0.15) is 0 Å². The van der Waals surface area contributed by atoms with Crippen molar-refractivity contribution in [3.63, 3.8) is 0 Å². The first kappa shape index (κ1) is 10.7. The third kappa shape index (κ3) is 2.23. The minimum absolute atomic E-state index is 1.16. The Balaban J connectivity index is 2.10. The molecule has 0 saturated heterocycles. The molecule has 0 aliphatic carbocycles. The fourth-order valence-electron chi connectivity index (χ4n) is 2.31. The first-order valence-corrected chi connectivity index (χ1v) is 6.02. The molecular formula is C14H21N. The van der Waals surface area contributed by atoms with E-state index in [4.69, 9.17) is 0 Å². The molecule has 0 bridgehead atoms. The molecule has 0 atom stereocenters.